The Balaban J connectivity index is 1.48. The first-order valence-corrected chi connectivity index (χ1v) is 13.6. The highest BCUT2D eigenvalue weighted by Gasteiger charge is 2.22. The van der Waals surface area contributed by atoms with E-state index in [-0.39, 0.29) is 11.8 Å². The third-order valence-corrected chi connectivity index (χ3v) is 7.00. The van der Waals surface area contributed by atoms with E-state index in [1.54, 1.807) is 12.1 Å². The van der Waals surface area contributed by atoms with Crippen LogP contribution in [0.1, 0.15) is 63.6 Å². The van der Waals surface area contributed by atoms with E-state index in [1.165, 1.54) is 22.4 Å². The third kappa shape index (κ3) is 7.18. The summed E-state index contributed by atoms with van der Waals surface area (Å²) < 4.78 is 5.36. The highest BCUT2D eigenvalue weighted by molar-refractivity contribution is 5.98. The molecule has 5 heteroatoms. The van der Waals surface area contributed by atoms with Crippen LogP contribution in [0.25, 0.3) is 11.1 Å². The summed E-state index contributed by atoms with van der Waals surface area (Å²) in [5.74, 6) is 0.728. The smallest absolute Gasteiger partial charge is 0.407 e. The Labute approximate surface area is 227 Å². The van der Waals surface area contributed by atoms with Gasteiger partial charge in [-0.1, -0.05) is 61.5 Å². The number of allylic oxidation sites excluding steroid dienone is 1. The minimum absolute atomic E-state index is 0.269. The Morgan fingerprint density at radius 2 is 1.47 bits per heavy atom. The fourth-order valence-electron chi connectivity index (χ4n) is 5.08. The van der Waals surface area contributed by atoms with Gasteiger partial charge in [-0.2, -0.15) is 0 Å². The van der Waals surface area contributed by atoms with Crippen LogP contribution in [0, 0.1) is 5.92 Å². The predicted octanol–water partition coefficient (Wildman–Crippen LogP) is 7.50. The van der Waals surface area contributed by atoms with Crippen molar-refractivity contribution in [2.24, 2.45) is 5.92 Å². The number of rotatable bonds is 7. The Hall–Kier alpha value is -3.73. The molecule has 3 aromatic carbocycles. The van der Waals surface area contributed by atoms with Crippen LogP contribution in [0.15, 0.2) is 78.9 Å². The first-order chi connectivity index (χ1) is 18.2. The molecular weight excluding hydrogens is 472 g/mol. The number of aromatic hydroxyl groups is 1. The molecule has 0 bridgehead atoms. The maximum atomic E-state index is 12.0. The molecule has 200 valence electrons. The van der Waals surface area contributed by atoms with Crippen LogP contribution < -0.4 is 10.2 Å². The lowest BCUT2D eigenvalue weighted by molar-refractivity contribution is 0.0517. The summed E-state index contributed by atoms with van der Waals surface area (Å²) in [6.07, 6.45) is 2.62. The second-order valence-electron chi connectivity index (χ2n) is 11.0. The summed E-state index contributed by atoms with van der Waals surface area (Å²) in [6.45, 7) is 10.4. The monoisotopic (exact) mass is 512 g/mol. The van der Waals surface area contributed by atoms with Crippen LogP contribution in [0.3, 0.4) is 0 Å². The van der Waals surface area contributed by atoms with Gasteiger partial charge in [-0.05, 0) is 98.1 Å². The lowest BCUT2D eigenvalue weighted by Gasteiger charge is -2.34. The average Bonchev–Trinajstić information content (AvgIpc) is 2.91. The zero-order valence-electron chi connectivity index (χ0n) is 23.0. The number of phenols is 1. The third-order valence-electron chi connectivity index (χ3n) is 7.00. The molecule has 1 fully saturated rings. The molecule has 1 heterocycles. The van der Waals surface area contributed by atoms with Gasteiger partial charge in [0.15, 0.2) is 0 Å². The molecule has 3 aromatic rings. The number of alkyl carbamates (subject to hydrolysis) is 1. The molecule has 1 aliphatic heterocycles. The van der Waals surface area contributed by atoms with Crippen LogP contribution in [-0.2, 0) is 4.74 Å². The maximum Gasteiger partial charge on any atom is 0.407 e. The number of carbonyl (C=O) groups excluding carboxylic acids is 1. The van der Waals surface area contributed by atoms with Gasteiger partial charge in [-0.3, -0.25) is 0 Å². The summed E-state index contributed by atoms with van der Waals surface area (Å²) in [7, 11) is 0. The number of nitrogens with zero attached hydrogens (tertiary/aromatic N) is 1. The van der Waals surface area contributed by atoms with Crippen molar-refractivity contribution in [1.82, 2.24) is 5.32 Å². The van der Waals surface area contributed by atoms with Crippen LogP contribution in [0.2, 0.25) is 0 Å². The first-order valence-electron chi connectivity index (χ1n) is 13.6. The van der Waals surface area contributed by atoms with Crippen LogP contribution in [0.5, 0.6) is 5.75 Å². The quantitative estimate of drug-likeness (QED) is 0.322. The number of nitrogens with one attached hydrogen (secondary N) is 1. The van der Waals surface area contributed by atoms with E-state index in [0.717, 1.165) is 43.5 Å². The van der Waals surface area contributed by atoms with E-state index in [0.29, 0.717) is 12.5 Å². The van der Waals surface area contributed by atoms with Crippen LogP contribution >= 0.6 is 0 Å². The summed E-state index contributed by atoms with van der Waals surface area (Å²) in [5, 5.41) is 12.8. The average molecular weight is 513 g/mol. The van der Waals surface area contributed by atoms with Gasteiger partial charge in [0, 0.05) is 25.3 Å². The number of piperidine rings is 1. The number of benzene rings is 3. The normalized spacial score (nSPS) is 15.1. The SMILES string of the molecule is CCC(=C(c1ccc(O)cc1)c1ccc(N2CCC(CNC(=O)OC(C)(C)C)CC2)cc1)c1ccccc1. The van der Waals surface area contributed by atoms with Gasteiger partial charge >= 0.3 is 6.09 Å². The number of hydrogen-bond acceptors (Lipinski definition) is 4. The Kier molecular flexibility index (Phi) is 8.77. The van der Waals surface area contributed by atoms with Crippen molar-refractivity contribution < 1.29 is 14.6 Å². The van der Waals surface area contributed by atoms with Crippen molar-refractivity contribution in [2.75, 3.05) is 24.5 Å². The molecule has 0 aliphatic carbocycles. The molecule has 2 N–H and O–H groups in total. The molecule has 4 rings (SSSR count). The molecule has 1 amide bonds. The minimum atomic E-state index is -0.476. The van der Waals surface area contributed by atoms with Gasteiger partial charge in [-0.15, -0.1) is 0 Å². The molecular formula is C33H40N2O3. The Morgan fingerprint density at radius 3 is 2.03 bits per heavy atom. The number of anilines is 1. The van der Waals surface area contributed by atoms with Crippen molar-refractivity contribution in [3.8, 4) is 5.75 Å². The molecule has 5 nitrogen and oxygen atoms in total. The lowest BCUT2D eigenvalue weighted by atomic mass is 9.88. The van der Waals surface area contributed by atoms with Crippen molar-refractivity contribution >= 4 is 22.9 Å². The van der Waals surface area contributed by atoms with Crippen molar-refractivity contribution in [3.63, 3.8) is 0 Å². The summed E-state index contributed by atoms with van der Waals surface area (Å²) in [6, 6.07) is 26.9. The number of amides is 1. The van der Waals surface area contributed by atoms with Crippen molar-refractivity contribution in [3.05, 3.63) is 95.6 Å². The van der Waals surface area contributed by atoms with Gasteiger partial charge < -0.3 is 20.1 Å². The second-order valence-corrected chi connectivity index (χ2v) is 11.0. The summed E-state index contributed by atoms with van der Waals surface area (Å²) >= 11 is 0. The zero-order valence-corrected chi connectivity index (χ0v) is 23.0. The van der Waals surface area contributed by atoms with Crippen molar-refractivity contribution in [2.45, 2.75) is 52.6 Å². The molecule has 0 aromatic heterocycles. The highest BCUT2D eigenvalue weighted by Crippen LogP contribution is 2.36. The van der Waals surface area contributed by atoms with Gasteiger partial charge in [-0.25, -0.2) is 4.79 Å². The fourth-order valence-corrected chi connectivity index (χ4v) is 5.08. The van der Waals surface area contributed by atoms with Crippen molar-refractivity contribution in [1.29, 1.82) is 0 Å². The Morgan fingerprint density at radius 1 is 0.895 bits per heavy atom. The van der Waals surface area contributed by atoms with E-state index in [2.05, 4.69) is 65.7 Å². The van der Waals surface area contributed by atoms with E-state index in [9.17, 15) is 9.90 Å². The standard InChI is InChI=1S/C33H40N2O3/c1-5-30(25-9-7-6-8-10-25)31(27-13-17-29(36)18-14-27)26-11-15-28(16-12-26)35-21-19-24(20-22-35)23-34-32(37)38-33(2,3)4/h6-18,24,36H,5,19-23H2,1-4H3,(H,34,37). The van der Waals surface area contributed by atoms with Crippen LogP contribution in [-0.4, -0.2) is 36.4 Å². The topological polar surface area (TPSA) is 61.8 Å². The highest BCUT2D eigenvalue weighted by atomic mass is 16.6. The van der Waals surface area contributed by atoms with E-state index in [1.807, 2.05) is 39.0 Å². The predicted molar refractivity (Wildman–Crippen MR) is 156 cm³/mol. The van der Waals surface area contributed by atoms with Gasteiger partial charge in [0.1, 0.15) is 11.4 Å². The minimum Gasteiger partial charge on any atom is -0.508 e. The molecule has 38 heavy (non-hydrogen) atoms. The van der Waals surface area contributed by atoms with Gasteiger partial charge in [0.2, 0.25) is 0 Å². The molecule has 1 aliphatic rings. The lowest BCUT2D eigenvalue weighted by Crippen LogP contribution is -2.40. The Bertz CT molecular complexity index is 1220. The number of carbonyl (C=O) groups is 1. The first kappa shape index (κ1) is 27.3. The number of hydrogen-bond donors (Lipinski definition) is 2. The largest absolute Gasteiger partial charge is 0.508 e. The van der Waals surface area contributed by atoms with Gasteiger partial charge in [0.25, 0.3) is 0 Å². The van der Waals surface area contributed by atoms with Crippen LogP contribution in [0.4, 0.5) is 10.5 Å². The molecule has 0 spiro atoms. The van der Waals surface area contributed by atoms with E-state index >= 15 is 0 Å². The summed E-state index contributed by atoms with van der Waals surface area (Å²) in [5.41, 5.74) is 6.68. The summed E-state index contributed by atoms with van der Waals surface area (Å²) in [4.78, 5) is 14.4. The maximum absolute atomic E-state index is 12.0. The molecule has 1 saturated heterocycles. The number of phenolic OH excluding ortho intramolecular Hbond substituents is 1. The van der Waals surface area contributed by atoms with E-state index < -0.39 is 5.60 Å². The molecule has 0 atom stereocenters. The fraction of sp³-hybridized carbons (Fsp3) is 0.364. The molecule has 0 saturated carbocycles. The second kappa shape index (κ2) is 12.2. The molecule has 0 radical (unpaired) electrons. The van der Waals surface area contributed by atoms with Gasteiger partial charge in [0.05, 0.1) is 0 Å². The molecule has 0 unspecified atom stereocenters. The number of ether oxygens (including phenoxy) is 1. The zero-order chi connectivity index (χ0) is 27.1. The van der Waals surface area contributed by atoms with E-state index in [4.69, 9.17) is 4.74 Å².